The molecule has 0 saturated carbocycles. The number of carboxylic acids is 1. The number of halogens is 1. The topological polar surface area (TPSA) is 49.8 Å². The molecule has 17 heavy (non-hydrogen) atoms. The average Bonchev–Trinajstić information content (AvgIpc) is 2.30. The number of carboxylic acid groups (broad SMARTS) is 1. The highest BCUT2D eigenvalue weighted by Crippen LogP contribution is 2.15. The molecule has 0 spiro atoms. The second kappa shape index (κ2) is 6.20. The number of ether oxygens (including phenoxy) is 1. The molecule has 5 heteroatoms. The molecular weight excluding hydrogens is 225 g/mol. The summed E-state index contributed by atoms with van der Waals surface area (Å²) in [5.41, 5.74) is 0. The summed E-state index contributed by atoms with van der Waals surface area (Å²) in [7, 11) is 1.68. The minimum atomic E-state index is -0.890. The lowest BCUT2D eigenvalue weighted by Gasteiger charge is -2.20. The predicted molar refractivity (Wildman–Crippen MR) is 61.6 cm³/mol. The van der Waals surface area contributed by atoms with Crippen molar-refractivity contribution in [3.8, 4) is 5.75 Å². The summed E-state index contributed by atoms with van der Waals surface area (Å²) in [6, 6.07) is 5.54. The molecule has 94 valence electrons. The highest BCUT2D eigenvalue weighted by molar-refractivity contribution is 5.72. The van der Waals surface area contributed by atoms with Crippen LogP contribution in [0.2, 0.25) is 0 Å². The molecular formula is C12H16FNO3. The van der Waals surface area contributed by atoms with Crippen LogP contribution in [0.5, 0.6) is 5.75 Å². The maximum atomic E-state index is 13.2. The zero-order valence-electron chi connectivity index (χ0n) is 9.89. The minimum absolute atomic E-state index is 0.184. The van der Waals surface area contributed by atoms with E-state index in [-0.39, 0.29) is 12.4 Å². The maximum Gasteiger partial charge on any atom is 0.320 e. The van der Waals surface area contributed by atoms with Gasteiger partial charge in [0, 0.05) is 6.54 Å². The second-order valence-corrected chi connectivity index (χ2v) is 3.77. The molecule has 4 nitrogen and oxygen atoms in total. The van der Waals surface area contributed by atoms with Gasteiger partial charge in [0.05, 0.1) is 0 Å². The molecule has 0 bridgehead atoms. The van der Waals surface area contributed by atoms with E-state index < -0.39 is 17.8 Å². The van der Waals surface area contributed by atoms with Gasteiger partial charge in [-0.2, -0.15) is 0 Å². The lowest BCUT2D eigenvalue weighted by molar-refractivity contribution is -0.142. The number of nitrogens with zero attached hydrogens (tertiary/aromatic N) is 1. The maximum absolute atomic E-state index is 13.2. The van der Waals surface area contributed by atoms with Crippen LogP contribution < -0.4 is 4.74 Å². The van der Waals surface area contributed by atoms with Crippen LogP contribution in [-0.2, 0) is 4.79 Å². The number of hydrogen-bond donors (Lipinski definition) is 1. The number of likely N-dealkylation sites (N-methyl/N-ethyl adjacent to an activating group) is 1. The van der Waals surface area contributed by atoms with Gasteiger partial charge in [-0.1, -0.05) is 12.1 Å². The Morgan fingerprint density at radius 1 is 1.53 bits per heavy atom. The molecule has 0 saturated heterocycles. The van der Waals surface area contributed by atoms with Gasteiger partial charge in [0.15, 0.2) is 11.6 Å². The van der Waals surface area contributed by atoms with Gasteiger partial charge >= 0.3 is 5.97 Å². The first-order valence-electron chi connectivity index (χ1n) is 5.32. The van der Waals surface area contributed by atoms with Crippen molar-refractivity contribution < 1.29 is 19.0 Å². The van der Waals surface area contributed by atoms with E-state index in [2.05, 4.69) is 0 Å². The van der Waals surface area contributed by atoms with Crippen LogP contribution in [0.3, 0.4) is 0 Å². The van der Waals surface area contributed by atoms with Crippen molar-refractivity contribution in [3.05, 3.63) is 30.1 Å². The first-order valence-corrected chi connectivity index (χ1v) is 5.32. The summed E-state index contributed by atoms with van der Waals surface area (Å²) < 4.78 is 18.4. The summed E-state index contributed by atoms with van der Waals surface area (Å²) in [5, 5.41) is 8.77. The summed E-state index contributed by atoms with van der Waals surface area (Å²) >= 11 is 0. The number of carbonyl (C=O) groups is 1. The summed E-state index contributed by atoms with van der Waals surface area (Å²) in [5.74, 6) is -1.12. The minimum Gasteiger partial charge on any atom is -0.489 e. The lowest BCUT2D eigenvalue weighted by atomic mass is 10.3. The molecule has 0 aliphatic carbocycles. The molecule has 1 atom stereocenters. The molecule has 0 radical (unpaired) electrons. The van der Waals surface area contributed by atoms with Crippen LogP contribution in [0.15, 0.2) is 24.3 Å². The Morgan fingerprint density at radius 2 is 2.18 bits per heavy atom. The SMILES string of the molecule is C[C@@H](C(=O)O)N(C)CCOc1ccccc1F. The summed E-state index contributed by atoms with van der Waals surface area (Å²) in [4.78, 5) is 12.3. The molecule has 0 aromatic heterocycles. The lowest BCUT2D eigenvalue weighted by Crippen LogP contribution is -2.38. The van der Waals surface area contributed by atoms with Gasteiger partial charge in [0.1, 0.15) is 12.6 Å². The molecule has 0 amide bonds. The Bertz CT molecular complexity index is 384. The number of aliphatic carboxylic acids is 1. The standard InChI is InChI=1S/C12H16FNO3/c1-9(12(15)16)14(2)7-8-17-11-6-4-3-5-10(11)13/h3-6,9H,7-8H2,1-2H3,(H,15,16)/t9-/m0/s1. The number of para-hydroxylation sites is 1. The number of benzene rings is 1. The fourth-order valence-corrected chi connectivity index (χ4v) is 1.24. The van der Waals surface area contributed by atoms with E-state index >= 15 is 0 Å². The molecule has 0 heterocycles. The molecule has 1 aromatic carbocycles. The Hall–Kier alpha value is -1.62. The summed E-state index contributed by atoms with van der Waals surface area (Å²) in [6.45, 7) is 2.25. The van der Waals surface area contributed by atoms with Gasteiger partial charge in [0.25, 0.3) is 0 Å². The van der Waals surface area contributed by atoms with Crippen molar-refractivity contribution in [3.63, 3.8) is 0 Å². The molecule has 1 rings (SSSR count). The van der Waals surface area contributed by atoms with Gasteiger partial charge < -0.3 is 9.84 Å². The third-order valence-electron chi connectivity index (χ3n) is 2.56. The van der Waals surface area contributed by atoms with Crippen molar-refractivity contribution in [2.75, 3.05) is 20.2 Å². The van der Waals surface area contributed by atoms with Gasteiger partial charge in [-0.25, -0.2) is 4.39 Å². The largest absolute Gasteiger partial charge is 0.489 e. The molecule has 0 aliphatic rings. The van der Waals surface area contributed by atoms with E-state index in [1.165, 1.54) is 12.1 Å². The Balaban J connectivity index is 2.38. The highest BCUT2D eigenvalue weighted by Gasteiger charge is 2.16. The van der Waals surface area contributed by atoms with Gasteiger partial charge in [-0.3, -0.25) is 9.69 Å². The molecule has 0 unspecified atom stereocenters. The van der Waals surface area contributed by atoms with Crippen molar-refractivity contribution >= 4 is 5.97 Å². The number of rotatable bonds is 6. The molecule has 0 fully saturated rings. The van der Waals surface area contributed by atoms with Gasteiger partial charge in [-0.05, 0) is 26.1 Å². The Kier molecular flexibility index (Phi) is 4.90. The quantitative estimate of drug-likeness (QED) is 0.822. The fourth-order valence-electron chi connectivity index (χ4n) is 1.24. The van der Waals surface area contributed by atoms with Crippen molar-refractivity contribution in [2.24, 2.45) is 0 Å². The zero-order valence-corrected chi connectivity index (χ0v) is 9.89. The summed E-state index contributed by atoms with van der Waals surface area (Å²) in [6.07, 6.45) is 0. The number of hydrogen-bond acceptors (Lipinski definition) is 3. The zero-order chi connectivity index (χ0) is 12.8. The van der Waals surface area contributed by atoms with Crippen molar-refractivity contribution in [1.29, 1.82) is 0 Å². The van der Waals surface area contributed by atoms with Gasteiger partial charge in [-0.15, -0.1) is 0 Å². The van der Waals surface area contributed by atoms with E-state index in [0.717, 1.165) is 0 Å². The van der Waals surface area contributed by atoms with Crippen LogP contribution in [0.25, 0.3) is 0 Å². The van der Waals surface area contributed by atoms with Crippen LogP contribution in [-0.4, -0.2) is 42.2 Å². The normalized spacial score (nSPS) is 12.5. The van der Waals surface area contributed by atoms with Crippen LogP contribution in [0.4, 0.5) is 4.39 Å². The monoisotopic (exact) mass is 241 g/mol. The van der Waals surface area contributed by atoms with E-state index in [1.807, 2.05) is 0 Å². The Labute approximate surface area is 99.6 Å². The average molecular weight is 241 g/mol. The van der Waals surface area contributed by atoms with E-state index in [1.54, 1.807) is 31.0 Å². The third kappa shape index (κ3) is 4.03. The van der Waals surface area contributed by atoms with E-state index in [9.17, 15) is 9.18 Å². The van der Waals surface area contributed by atoms with E-state index in [0.29, 0.717) is 6.54 Å². The van der Waals surface area contributed by atoms with Crippen LogP contribution >= 0.6 is 0 Å². The highest BCUT2D eigenvalue weighted by atomic mass is 19.1. The van der Waals surface area contributed by atoms with Crippen LogP contribution in [0.1, 0.15) is 6.92 Å². The second-order valence-electron chi connectivity index (χ2n) is 3.77. The fraction of sp³-hybridized carbons (Fsp3) is 0.417. The molecule has 1 aromatic rings. The predicted octanol–water partition coefficient (Wildman–Crippen LogP) is 1.61. The van der Waals surface area contributed by atoms with Crippen LogP contribution in [0, 0.1) is 5.82 Å². The Morgan fingerprint density at radius 3 is 2.76 bits per heavy atom. The van der Waals surface area contributed by atoms with Crippen molar-refractivity contribution in [1.82, 2.24) is 4.90 Å². The van der Waals surface area contributed by atoms with Gasteiger partial charge in [0.2, 0.25) is 0 Å². The third-order valence-corrected chi connectivity index (χ3v) is 2.56. The van der Waals surface area contributed by atoms with Crippen molar-refractivity contribution in [2.45, 2.75) is 13.0 Å². The first kappa shape index (κ1) is 13.4. The molecule has 1 N–H and O–H groups in total. The first-order chi connectivity index (χ1) is 8.02. The molecule has 0 aliphatic heterocycles. The van der Waals surface area contributed by atoms with E-state index in [4.69, 9.17) is 9.84 Å². The smallest absolute Gasteiger partial charge is 0.320 e.